The van der Waals surface area contributed by atoms with Gasteiger partial charge in [0.05, 0.1) is 17.0 Å². The lowest BCUT2D eigenvalue weighted by molar-refractivity contribution is -0.118. The number of hydrogen-bond donors (Lipinski definition) is 3. The minimum Gasteiger partial charge on any atom is -0.354 e. The van der Waals surface area contributed by atoms with E-state index in [0.717, 1.165) is 16.9 Å². The summed E-state index contributed by atoms with van der Waals surface area (Å²) in [6, 6.07) is 21.3. The fraction of sp³-hybridized carbons (Fsp3) is 0.185. The van der Waals surface area contributed by atoms with Gasteiger partial charge in [0.2, 0.25) is 5.91 Å². The second-order valence-electron chi connectivity index (χ2n) is 7.93. The lowest BCUT2D eigenvalue weighted by Crippen LogP contribution is -2.35. The average molecular weight is 459 g/mol. The van der Waals surface area contributed by atoms with Crippen LogP contribution in [-0.4, -0.2) is 32.0 Å². The number of halogens is 1. The summed E-state index contributed by atoms with van der Waals surface area (Å²) < 4.78 is 13.7. The van der Waals surface area contributed by atoms with Gasteiger partial charge in [-0.1, -0.05) is 37.3 Å². The lowest BCUT2D eigenvalue weighted by Gasteiger charge is -2.23. The molecule has 7 heteroatoms. The Morgan fingerprint density at radius 1 is 1.03 bits per heavy atom. The first-order chi connectivity index (χ1) is 16.5. The topological polar surface area (TPSA) is 73.5 Å². The van der Waals surface area contributed by atoms with E-state index < -0.39 is 5.82 Å². The highest BCUT2D eigenvalue weighted by atomic mass is 19.1. The van der Waals surface area contributed by atoms with Gasteiger partial charge in [-0.25, -0.2) is 4.39 Å². The van der Waals surface area contributed by atoms with Crippen molar-refractivity contribution in [3.63, 3.8) is 0 Å². The van der Waals surface area contributed by atoms with Gasteiger partial charge >= 0.3 is 0 Å². The summed E-state index contributed by atoms with van der Waals surface area (Å²) in [7, 11) is 1.85. The van der Waals surface area contributed by atoms with Crippen molar-refractivity contribution in [3.8, 4) is 0 Å². The molecule has 6 nitrogen and oxygen atoms in total. The van der Waals surface area contributed by atoms with Crippen LogP contribution in [-0.2, 0) is 9.59 Å². The molecule has 3 aromatic carbocycles. The van der Waals surface area contributed by atoms with Gasteiger partial charge in [0.15, 0.2) is 0 Å². The first kappa shape index (κ1) is 23.2. The monoisotopic (exact) mass is 458 g/mol. The number of anilines is 3. The molecule has 1 aliphatic rings. The predicted molar refractivity (Wildman–Crippen MR) is 135 cm³/mol. The van der Waals surface area contributed by atoms with Crippen LogP contribution in [0.15, 0.2) is 72.8 Å². The molecule has 0 spiro atoms. The quantitative estimate of drug-likeness (QED) is 0.427. The number of carbonyl (C=O) groups excluding carboxylic acids is 2. The molecule has 0 bridgehead atoms. The predicted octanol–water partition coefficient (Wildman–Crippen LogP) is 4.72. The van der Waals surface area contributed by atoms with Crippen molar-refractivity contribution in [2.45, 2.75) is 13.3 Å². The van der Waals surface area contributed by atoms with Crippen molar-refractivity contribution in [1.29, 1.82) is 0 Å². The van der Waals surface area contributed by atoms with Crippen LogP contribution in [0, 0.1) is 5.82 Å². The number of amides is 2. The fourth-order valence-electron chi connectivity index (χ4n) is 3.96. The SMILES string of the molecule is CCC(=O)N(CCNC)c1ccc(NC(=C2C(=O)Nc3cc(F)ccc32)c2ccccc2)cc1. The summed E-state index contributed by atoms with van der Waals surface area (Å²) >= 11 is 0. The summed E-state index contributed by atoms with van der Waals surface area (Å²) in [6.07, 6.45) is 0.420. The lowest BCUT2D eigenvalue weighted by atomic mass is 10.00. The highest BCUT2D eigenvalue weighted by Gasteiger charge is 2.28. The number of carbonyl (C=O) groups is 2. The minimum atomic E-state index is -0.408. The van der Waals surface area contributed by atoms with Crippen molar-refractivity contribution in [2.75, 3.05) is 35.7 Å². The highest BCUT2D eigenvalue weighted by molar-refractivity contribution is 6.37. The van der Waals surface area contributed by atoms with Gasteiger partial charge in [-0.3, -0.25) is 9.59 Å². The second kappa shape index (κ2) is 10.3. The van der Waals surface area contributed by atoms with Crippen LogP contribution in [0.2, 0.25) is 0 Å². The zero-order valence-corrected chi connectivity index (χ0v) is 19.2. The van der Waals surface area contributed by atoms with Gasteiger partial charge in [-0.2, -0.15) is 0 Å². The van der Waals surface area contributed by atoms with Gasteiger partial charge in [0.25, 0.3) is 5.91 Å². The van der Waals surface area contributed by atoms with Crippen molar-refractivity contribution >= 4 is 40.1 Å². The van der Waals surface area contributed by atoms with Crippen LogP contribution in [0.1, 0.15) is 24.5 Å². The third-order valence-corrected chi connectivity index (χ3v) is 5.68. The number of nitrogens with zero attached hydrogens (tertiary/aromatic N) is 1. The number of benzene rings is 3. The van der Waals surface area contributed by atoms with Crippen LogP contribution in [0.25, 0.3) is 11.3 Å². The molecule has 1 heterocycles. The smallest absolute Gasteiger partial charge is 0.258 e. The third kappa shape index (κ3) is 4.84. The molecule has 2 amide bonds. The highest BCUT2D eigenvalue weighted by Crippen LogP contribution is 2.38. The first-order valence-electron chi connectivity index (χ1n) is 11.2. The van der Waals surface area contributed by atoms with E-state index in [-0.39, 0.29) is 11.8 Å². The molecule has 4 rings (SSSR count). The Hall–Kier alpha value is -3.97. The molecule has 0 unspecified atom stereocenters. The minimum absolute atomic E-state index is 0.0505. The molecule has 0 atom stereocenters. The van der Waals surface area contributed by atoms with E-state index in [4.69, 9.17) is 0 Å². The molecule has 174 valence electrons. The van der Waals surface area contributed by atoms with E-state index in [0.29, 0.717) is 42.0 Å². The number of hydrogen-bond acceptors (Lipinski definition) is 4. The molecule has 34 heavy (non-hydrogen) atoms. The van der Waals surface area contributed by atoms with Gasteiger partial charge in [0.1, 0.15) is 5.82 Å². The molecule has 0 aliphatic carbocycles. The van der Waals surface area contributed by atoms with Crippen LogP contribution < -0.4 is 20.9 Å². The molecular weight excluding hydrogens is 431 g/mol. The Bertz CT molecular complexity index is 1220. The Morgan fingerprint density at radius 2 is 1.76 bits per heavy atom. The van der Waals surface area contributed by atoms with E-state index in [2.05, 4.69) is 16.0 Å². The maximum absolute atomic E-state index is 13.7. The van der Waals surface area contributed by atoms with Crippen molar-refractivity contribution in [1.82, 2.24) is 5.32 Å². The van der Waals surface area contributed by atoms with Gasteiger partial charge < -0.3 is 20.9 Å². The molecule has 0 aromatic heterocycles. The molecule has 3 aromatic rings. The van der Waals surface area contributed by atoms with E-state index in [9.17, 15) is 14.0 Å². The van der Waals surface area contributed by atoms with E-state index >= 15 is 0 Å². The van der Waals surface area contributed by atoms with E-state index in [1.807, 2.05) is 68.6 Å². The Kier molecular flexibility index (Phi) is 7.04. The maximum atomic E-state index is 13.7. The fourth-order valence-corrected chi connectivity index (χ4v) is 3.96. The molecule has 0 fully saturated rings. The normalized spacial score (nSPS) is 13.8. The third-order valence-electron chi connectivity index (χ3n) is 5.68. The standard InChI is InChI=1S/C27H27FN4O2/c1-3-24(33)32(16-15-29-2)21-12-10-20(11-13-21)30-26(18-7-5-4-6-8-18)25-22-14-9-19(28)17-23(22)31-27(25)34/h4-14,17,29-30H,3,15-16H2,1-2H3,(H,31,34). The van der Waals surface area contributed by atoms with Crippen LogP contribution in [0.5, 0.6) is 0 Å². The largest absolute Gasteiger partial charge is 0.354 e. The van der Waals surface area contributed by atoms with E-state index in [1.165, 1.54) is 12.1 Å². The van der Waals surface area contributed by atoms with E-state index in [1.54, 1.807) is 11.0 Å². The number of likely N-dealkylation sites (N-methyl/N-ethyl adjacent to an activating group) is 1. The number of rotatable bonds is 8. The second-order valence-corrected chi connectivity index (χ2v) is 7.93. The summed E-state index contributed by atoms with van der Waals surface area (Å²) in [5.74, 6) is -0.653. The van der Waals surface area contributed by atoms with Crippen LogP contribution in [0.4, 0.5) is 21.5 Å². The Balaban J connectivity index is 1.72. The maximum Gasteiger partial charge on any atom is 0.258 e. The van der Waals surface area contributed by atoms with Crippen molar-refractivity contribution < 1.29 is 14.0 Å². The molecule has 0 saturated carbocycles. The van der Waals surface area contributed by atoms with Gasteiger partial charge in [-0.15, -0.1) is 0 Å². The summed E-state index contributed by atoms with van der Waals surface area (Å²) in [6.45, 7) is 3.10. The molecule has 3 N–H and O–H groups in total. The van der Waals surface area contributed by atoms with Crippen molar-refractivity contribution in [2.24, 2.45) is 0 Å². The number of fused-ring (bicyclic) bond motifs is 1. The average Bonchev–Trinajstić information content (AvgIpc) is 3.18. The molecular formula is C27H27FN4O2. The summed E-state index contributed by atoms with van der Waals surface area (Å²) in [5, 5.41) is 9.22. The van der Waals surface area contributed by atoms with Crippen LogP contribution >= 0.6 is 0 Å². The number of nitrogens with one attached hydrogen (secondary N) is 3. The van der Waals surface area contributed by atoms with Gasteiger partial charge in [0, 0.05) is 36.4 Å². The zero-order chi connectivity index (χ0) is 24.1. The first-order valence-corrected chi connectivity index (χ1v) is 11.2. The Labute approximate surface area is 198 Å². The molecule has 0 radical (unpaired) electrons. The molecule has 1 aliphatic heterocycles. The van der Waals surface area contributed by atoms with Crippen LogP contribution in [0.3, 0.4) is 0 Å². The summed E-state index contributed by atoms with van der Waals surface area (Å²) in [4.78, 5) is 27.1. The molecule has 0 saturated heterocycles. The van der Waals surface area contributed by atoms with Crippen molar-refractivity contribution in [3.05, 3.63) is 89.7 Å². The summed E-state index contributed by atoms with van der Waals surface area (Å²) in [5.41, 5.74) is 4.54. The Morgan fingerprint density at radius 3 is 2.44 bits per heavy atom. The van der Waals surface area contributed by atoms with Gasteiger partial charge in [-0.05, 0) is 55.1 Å². The zero-order valence-electron chi connectivity index (χ0n) is 19.2.